The Morgan fingerprint density at radius 3 is 2.00 bits per heavy atom. The summed E-state index contributed by atoms with van der Waals surface area (Å²) >= 11 is 0. The molecule has 1 saturated heterocycles. The largest absolute Gasteiger partial charge is 0.494 e. The van der Waals surface area contributed by atoms with E-state index in [4.69, 9.17) is 13.7 Å². The minimum atomic E-state index is -1.99. The van der Waals surface area contributed by atoms with E-state index in [9.17, 15) is 0 Å². The Bertz CT molecular complexity index is 578. The molecule has 0 bridgehead atoms. The molecule has 1 aromatic rings. The molecule has 0 amide bonds. The van der Waals surface area contributed by atoms with E-state index >= 15 is 0 Å². The highest BCUT2D eigenvalue weighted by atomic mass is 28.4. The van der Waals surface area contributed by atoms with Crippen LogP contribution in [0.2, 0.25) is 13.1 Å². The first-order chi connectivity index (χ1) is 10.9. The zero-order chi connectivity index (χ0) is 18.2. The molecule has 0 atom stereocenters. The molecule has 1 aliphatic rings. The van der Waals surface area contributed by atoms with Gasteiger partial charge in [0.05, 0.1) is 11.2 Å². The number of hydrogen-bond donors (Lipinski definition) is 0. The highest BCUT2D eigenvalue weighted by Gasteiger charge is 2.52. The molecule has 0 radical (unpaired) electrons. The molecule has 1 aromatic carbocycles. The van der Waals surface area contributed by atoms with E-state index in [2.05, 4.69) is 72.5 Å². The molecular formula is C19H31BO3Si. The van der Waals surface area contributed by atoms with Crippen molar-refractivity contribution in [3.63, 3.8) is 0 Å². The highest BCUT2D eigenvalue weighted by Crippen LogP contribution is 2.41. The van der Waals surface area contributed by atoms with Gasteiger partial charge in [-0.05, 0) is 65.7 Å². The van der Waals surface area contributed by atoms with Crippen molar-refractivity contribution in [2.45, 2.75) is 71.9 Å². The summed E-state index contributed by atoms with van der Waals surface area (Å²) in [6.45, 7) is 16.9. The quantitative estimate of drug-likeness (QED) is 0.712. The standard InChI is InChI=1S/C19H31BO3Si/c1-15(2)21-24(7,8)14-17(16-12-10-9-11-13-16)20-22-18(3,4)19(5,6)23-20/h9-15H,1-8H3/b17-14+. The SMILES string of the molecule is CC(C)O[Si](C)(C)/C=C(/B1OC(C)(C)C(C)(C)O1)c1ccccc1. The molecule has 1 aliphatic heterocycles. The van der Waals surface area contributed by atoms with Crippen LogP contribution in [0.4, 0.5) is 0 Å². The summed E-state index contributed by atoms with van der Waals surface area (Å²) < 4.78 is 18.8. The van der Waals surface area contributed by atoms with E-state index in [0.29, 0.717) is 0 Å². The second kappa shape index (κ2) is 6.79. The summed E-state index contributed by atoms with van der Waals surface area (Å²) in [5, 5.41) is 0. The van der Waals surface area contributed by atoms with E-state index in [0.717, 1.165) is 11.0 Å². The molecule has 24 heavy (non-hydrogen) atoms. The first kappa shape index (κ1) is 19.4. The van der Waals surface area contributed by atoms with Crippen LogP contribution in [0.25, 0.3) is 5.47 Å². The Labute approximate surface area is 148 Å². The normalized spacial score (nSPS) is 20.7. The van der Waals surface area contributed by atoms with Crippen molar-refractivity contribution >= 4 is 20.9 Å². The van der Waals surface area contributed by atoms with Gasteiger partial charge >= 0.3 is 7.12 Å². The van der Waals surface area contributed by atoms with Crippen LogP contribution in [-0.2, 0) is 13.7 Å². The third kappa shape index (κ3) is 4.39. The van der Waals surface area contributed by atoms with Gasteiger partial charge in [-0.1, -0.05) is 36.0 Å². The lowest BCUT2D eigenvalue weighted by molar-refractivity contribution is 0.00578. The van der Waals surface area contributed by atoms with Crippen LogP contribution >= 0.6 is 0 Å². The summed E-state index contributed by atoms with van der Waals surface area (Å²) in [6.07, 6.45) is 0.207. The lowest BCUT2D eigenvalue weighted by Gasteiger charge is -2.32. The molecule has 1 heterocycles. The van der Waals surface area contributed by atoms with Gasteiger partial charge in [0.25, 0.3) is 0 Å². The van der Waals surface area contributed by atoms with Crippen LogP contribution in [0, 0.1) is 0 Å². The summed E-state index contributed by atoms with van der Waals surface area (Å²) in [5.41, 5.74) is 3.77. The zero-order valence-electron chi connectivity index (χ0n) is 16.3. The molecule has 0 spiro atoms. The fourth-order valence-corrected chi connectivity index (χ4v) is 5.24. The summed E-state index contributed by atoms with van der Waals surface area (Å²) in [5.74, 6) is 0. The van der Waals surface area contributed by atoms with Crippen LogP contribution < -0.4 is 0 Å². The molecule has 0 unspecified atom stereocenters. The van der Waals surface area contributed by atoms with Crippen molar-refractivity contribution in [2.24, 2.45) is 0 Å². The maximum atomic E-state index is 6.31. The smallest absolute Gasteiger partial charge is 0.411 e. The molecule has 0 N–H and O–H groups in total. The maximum absolute atomic E-state index is 6.31. The van der Waals surface area contributed by atoms with Gasteiger partial charge in [0.1, 0.15) is 0 Å². The minimum Gasteiger partial charge on any atom is -0.411 e. The Hall–Kier alpha value is -0.878. The van der Waals surface area contributed by atoms with E-state index < -0.39 is 8.32 Å². The van der Waals surface area contributed by atoms with Gasteiger partial charge in [-0.15, -0.1) is 0 Å². The molecular weight excluding hydrogens is 315 g/mol. The van der Waals surface area contributed by atoms with Gasteiger partial charge in [-0.3, -0.25) is 0 Å². The van der Waals surface area contributed by atoms with Gasteiger partial charge in [0.2, 0.25) is 8.32 Å². The van der Waals surface area contributed by atoms with Crippen molar-refractivity contribution < 1.29 is 13.7 Å². The van der Waals surface area contributed by atoms with Crippen molar-refractivity contribution in [3.05, 3.63) is 41.6 Å². The third-order valence-corrected chi connectivity index (χ3v) is 6.74. The monoisotopic (exact) mass is 346 g/mol. The molecule has 132 valence electrons. The van der Waals surface area contributed by atoms with Crippen LogP contribution in [0.1, 0.15) is 47.1 Å². The van der Waals surface area contributed by atoms with Crippen LogP contribution in [-0.4, -0.2) is 32.7 Å². The van der Waals surface area contributed by atoms with Crippen LogP contribution in [0.5, 0.6) is 0 Å². The van der Waals surface area contributed by atoms with E-state index in [-0.39, 0.29) is 24.4 Å². The summed E-state index contributed by atoms with van der Waals surface area (Å²) in [4.78, 5) is 0. The van der Waals surface area contributed by atoms with E-state index in [1.165, 1.54) is 0 Å². The maximum Gasteiger partial charge on any atom is 0.494 e. The molecule has 3 nitrogen and oxygen atoms in total. The van der Waals surface area contributed by atoms with Gasteiger partial charge < -0.3 is 13.7 Å². The zero-order valence-corrected chi connectivity index (χ0v) is 17.3. The number of rotatable bonds is 5. The van der Waals surface area contributed by atoms with Crippen molar-refractivity contribution in [3.8, 4) is 0 Å². The second-order valence-electron chi connectivity index (χ2n) is 8.32. The minimum absolute atomic E-state index is 0.207. The highest BCUT2D eigenvalue weighted by molar-refractivity contribution is 6.82. The average Bonchev–Trinajstić information content (AvgIpc) is 2.64. The molecule has 0 saturated carbocycles. The van der Waals surface area contributed by atoms with Gasteiger partial charge in [0.15, 0.2) is 0 Å². The first-order valence-corrected chi connectivity index (χ1v) is 11.7. The van der Waals surface area contributed by atoms with Crippen molar-refractivity contribution in [1.29, 1.82) is 0 Å². The lowest BCUT2D eigenvalue weighted by atomic mass is 9.75. The summed E-state index contributed by atoms with van der Waals surface area (Å²) in [6, 6.07) is 10.3. The fraction of sp³-hybridized carbons (Fsp3) is 0.579. The van der Waals surface area contributed by atoms with E-state index in [1.54, 1.807) is 0 Å². The topological polar surface area (TPSA) is 27.7 Å². The lowest BCUT2D eigenvalue weighted by Crippen LogP contribution is -2.41. The molecule has 0 aliphatic carbocycles. The van der Waals surface area contributed by atoms with Crippen LogP contribution in [0.3, 0.4) is 0 Å². The predicted octanol–water partition coefficient (Wildman–Crippen LogP) is 4.87. The predicted molar refractivity (Wildman–Crippen MR) is 104 cm³/mol. The Balaban J connectivity index is 2.43. The van der Waals surface area contributed by atoms with Gasteiger partial charge in [-0.2, -0.15) is 0 Å². The Morgan fingerprint density at radius 2 is 1.54 bits per heavy atom. The first-order valence-electron chi connectivity index (χ1n) is 8.75. The number of benzene rings is 1. The third-order valence-electron chi connectivity index (χ3n) is 4.66. The van der Waals surface area contributed by atoms with Crippen molar-refractivity contribution in [1.82, 2.24) is 0 Å². The molecule has 2 rings (SSSR count). The molecule has 5 heteroatoms. The summed E-state index contributed by atoms with van der Waals surface area (Å²) in [7, 11) is -2.37. The van der Waals surface area contributed by atoms with Gasteiger partial charge in [-0.25, -0.2) is 0 Å². The molecule has 0 aromatic heterocycles. The van der Waals surface area contributed by atoms with Crippen LogP contribution in [0.15, 0.2) is 36.0 Å². The fourth-order valence-electron chi connectivity index (χ4n) is 2.90. The van der Waals surface area contributed by atoms with Gasteiger partial charge in [0, 0.05) is 6.10 Å². The van der Waals surface area contributed by atoms with Crippen molar-refractivity contribution in [2.75, 3.05) is 0 Å². The molecule has 1 fully saturated rings. The average molecular weight is 346 g/mol. The Morgan fingerprint density at radius 1 is 1.04 bits per heavy atom. The van der Waals surface area contributed by atoms with E-state index in [1.807, 2.05) is 18.2 Å². The second-order valence-corrected chi connectivity index (χ2v) is 12.1. The Kier molecular flexibility index (Phi) is 5.50. The number of hydrogen-bond acceptors (Lipinski definition) is 3.